The average Bonchev–Trinajstić information content (AvgIpc) is 3.10. The van der Waals surface area contributed by atoms with Crippen LogP contribution in [0, 0.1) is 5.92 Å². The van der Waals surface area contributed by atoms with Crippen molar-refractivity contribution in [2.24, 2.45) is 5.92 Å². The van der Waals surface area contributed by atoms with E-state index in [1.807, 2.05) is 0 Å². The van der Waals surface area contributed by atoms with E-state index >= 15 is 0 Å². The lowest BCUT2D eigenvalue weighted by molar-refractivity contribution is -0.327. The highest BCUT2D eigenvalue weighted by Crippen LogP contribution is 2.36. The van der Waals surface area contributed by atoms with Crippen LogP contribution in [0.1, 0.15) is 18.9 Å². The summed E-state index contributed by atoms with van der Waals surface area (Å²) >= 11 is 0. The third kappa shape index (κ3) is 9.08. The van der Waals surface area contributed by atoms with Gasteiger partial charge in [-0.05, 0) is 18.6 Å². The molecule has 7 N–H and O–H groups in total. The van der Waals surface area contributed by atoms with Crippen molar-refractivity contribution in [3.8, 4) is 0 Å². The summed E-state index contributed by atoms with van der Waals surface area (Å²) in [6.07, 6.45) is -13.6. The van der Waals surface area contributed by atoms with Crippen LogP contribution in [0.25, 0.3) is 6.08 Å². The summed E-state index contributed by atoms with van der Waals surface area (Å²) in [4.78, 5) is 38.1. The molecule has 17 nitrogen and oxygen atoms in total. The van der Waals surface area contributed by atoms with Crippen LogP contribution in [0.2, 0.25) is 0 Å². The first-order valence-corrected chi connectivity index (χ1v) is 15.2. The summed E-state index contributed by atoms with van der Waals surface area (Å²) in [5.74, 6) is -3.82. The number of aliphatic hydroxyl groups excluding tert-OH is 7. The first kappa shape index (κ1) is 38.1. The third-order valence-corrected chi connectivity index (χ3v) is 8.12. The molecule has 2 fully saturated rings. The van der Waals surface area contributed by atoms with Crippen molar-refractivity contribution in [1.29, 1.82) is 0 Å². The molecule has 49 heavy (non-hydrogen) atoms. The highest BCUT2D eigenvalue weighted by molar-refractivity contribution is 5.90. The maximum absolute atomic E-state index is 13.1. The molecular weight excluding hydrogens is 656 g/mol. The quantitative estimate of drug-likeness (QED) is 0.0559. The fourth-order valence-electron chi connectivity index (χ4n) is 5.36. The molecule has 0 amide bonds. The van der Waals surface area contributed by atoms with Crippen molar-refractivity contribution in [2.75, 3.05) is 20.3 Å². The molecular formula is C32H40O17. The van der Waals surface area contributed by atoms with Crippen LogP contribution in [0.3, 0.4) is 0 Å². The van der Waals surface area contributed by atoms with Crippen LogP contribution in [-0.2, 0) is 47.5 Å². The number of esters is 3. The summed E-state index contributed by atoms with van der Waals surface area (Å²) in [5, 5.41) is 71.3. The van der Waals surface area contributed by atoms with Gasteiger partial charge < -0.3 is 68.9 Å². The highest BCUT2D eigenvalue weighted by Gasteiger charge is 2.48. The minimum absolute atomic E-state index is 0.121. The normalized spacial score (nSPS) is 35.7. The Bertz CT molecular complexity index is 1380. The monoisotopic (exact) mass is 696 g/mol. The first-order valence-electron chi connectivity index (χ1n) is 15.2. The Kier molecular flexibility index (Phi) is 13.4. The Hall–Kier alpha value is -3.75. The summed E-state index contributed by atoms with van der Waals surface area (Å²) in [6.45, 7) is 0.155. The molecule has 3 heterocycles. The Morgan fingerprint density at radius 1 is 0.857 bits per heavy atom. The Morgan fingerprint density at radius 2 is 1.49 bits per heavy atom. The lowest BCUT2D eigenvalue weighted by Crippen LogP contribution is -2.60. The minimum atomic E-state index is -1.84. The lowest BCUT2D eigenvalue weighted by atomic mass is 9.86. The Balaban J connectivity index is 1.41. The summed E-state index contributed by atoms with van der Waals surface area (Å²) < 4.78 is 37.3. The molecule has 0 aliphatic carbocycles. The zero-order valence-electron chi connectivity index (χ0n) is 26.5. The first-order chi connectivity index (χ1) is 23.4. The topological polar surface area (TPSA) is 257 Å². The van der Waals surface area contributed by atoms with E-state index in [9.17, 15) is 50.1 Å². The van der Waals surface area contributed by atoms with Crippen LogP contribution in [0.4, 0.5) is 0 Å². The number of hydrogen-bond donors (Lipinski definition) is 7. The standard InChI is InChI=1S/C32H40O17/c1-3-16-17(18(29(42)43-2)13-45-30(16)49-32-28(41)25(38)23(36)19(12-33)46-32)11-22(35)44-14-20-24(37)26(39)27(40)31(47-20)48-21(34)10-9-15-7-5-4-6-8-15/h3-10,13,17,19-20,23-28,30-33,36-41H,11-12,14H2,1-2H3. The number of carbonyl (C=O) groups excluding carboxylic acids is 3. The second-order valence-electron chi connectivity index (χ2n) is 11.3. The SMILES string of the molecule is CC=C1C(OC2OC(CO)C(O)C(O)C2O)OC=C(C(=O)OC)C1CC(=O)OCC1OC(OC(=O)C=Cc2ccccc2)C(O)C(O)C1O. The van der Waals surface area contributed by atoms with E-state index in [0.717, 1.165) is 19.4 Å². The number of hydrogen-bond acceptors (Lipinski definition) is 17. The maximum atomic E-state index is 13.1. The molecule has 1 aromatic rings. The molecule has 0 radical (unpaired) electrons. The second-order valence-corrected chi connectivity index (χ2v) is 11.3. The summed E-state index contributed by atoms with van der Waals surface area (Å²) in [5.41, 5.74) is 0.733. The van der Waals surface area contributed by atoms with Gasteiger partial charge in [-0.2, -0.15) is 0 Å². The Labute approximate surface area is 280 Å². The molecule has 3 aliphatic heterocycles. The van der Waals surface area contributed by atoms with Crippen molar-refractivity contribution in [2.45, 2.75) is 81.0 Å². The van der Waals surface area contributed by atoms with Gasteiger partial charge in [0.1, 0.15) is 55.4 Å². The fourth-order valence-corrected chi connectivity index (χ4v) is 5.36. The predicted octanol–water partition coefficient (Wildman–Crippen LogP) is -2.22. The van der Waals surface area contributed by atoms with E-state index in [1.54, 1.807) is 30.3 Å². The third-order valence-electron chi connectivity index (χ3n) is 8.12. The smallest absolute Gasteiger partial charge is 0.337 e. The van der Waals surface area contributed by atoms with Gasteiger partial charge in [0.05, 0.1) is 32.0 Å². The number of rotatable bonds is 11. The van der Waals surface area contributed by atoms with E-state index in [1.165, 1.54) is 19.1 Å². The van der Waals surface area contributed by atoms with Crippen LogP contribution in [-0.4, -0.2) is 142 Å². The minimum Gasteiger partial charge on any atom is -0.468 e. The van der Waals surface area contributed by atoms with E-state index in [-0.39, 0.29) is 11.1 Å². The molecule has 2 saturated heterocycles. The molecule has 0 spiro atoms. The number of benzene rings is 1. The summed E-state index contributed by atoms with van der Waals surface area (Å²) in [6, 6.07) is 8.77. The van der Waals surface area contributed by atoms with Crippen molar-refractivity contribution in [3.05, 3.63) is 65.5 Å². The van der Waals surface area contributed by atoms with E-state index < -0.39 is 111 Å². The molecule has 17 heteroatoms. The van der Waals surface area contributed by atoms with Crippen LogP contribution in [0.15, 0.2) is 59.9 Å². The van der Waals surface area contributed by atoms with Crippen molar-refractivity contribution >= 4 is 24.0 Å². The molecule has 0 saturated carbocycles. The van der Waals surface area contributed by atoms with Gasteiger partial charge in [0, 0.05) is 17.6 Å². The molecule has 0 aromatic heterocycles. The van der Waals surface area contributed by atoms with Crippen LogP contribution in [0.5, 0.6) is 0 Å². The molecule has 3 aliphatic rings. The van der Waals surface area contributed by atoms with Gasteiger partial charge in [0.2, 0.25) is 12.6 Å². The highest BCUT2D eigenvalue weighted by atomic mass is 16.8. The largest absolute Gasteiger partial charge is 0.468 e. The van der Waals surface area contributed by atoms with Crippen LogP contribution >= 0.6 is 0 Å². The second kappa shape index (κ2) is 17.3. The lowest BCUT2D eigenvalue weighted by Gasteiger charge is -2.42. The van der Waals surface area contributed by atoms with Crippen molar-refractivity contribution in [3.63, 3.8) is 0 Å². The number of aliphatic hydroxyl groups is 7. The summed E-state index contributed by atoms with van der Waals surface area (Å²) in [7, 11) is 1.10. The number of allylic oxidation sites excluding steroid dienone is 1. The average molecular weight is 697 g/mol. The molecule has 270 valence electrons. The number of ether oxygens (including phenoxy) is 7. The van der Waals surface area contributed by atoms with Gasteiger partial charge >= 0.3 is 17.9 Å². The van der Waals surface area contributed by atoms with E-state index in [2.05, 4.69) is 0 Å². The fraction of sp³-hybridized carbons (Fsp3) is 0.531. The number of carbonyl (C=O) groups is 3. The Morgan fingerprint density at radius 3 is 2.12 bits per heavy atom. The van der Waals surface area contributed by atoms with Gasteiger partial charge in [0.25, 0.3) is 0 Å². The van der Waals surface area contributed by atoms with E-state index in [0.29, 0.717) is 5.56 Å². The predicted molar refractivity (Wildman–Crippen MR) is 161 cm³/mol. The van der Waals surface area contributed by atoms with Crippen molar-refractivity contribution in [1.82, 2.24) is 0 Å². The van der Waals surface area contributed by atoms with Crippen LogP contribution < -0.4 is 0 Å². The zero-order chi connectivity index (χ0) is 35.8. The maximum Gasteiger partial charge on any atom is 0.337 e. The van der Waals surface area contributed by atoms with Gasteiger partial charge in [0.15, 0.2) is 6.29 Å². The van der Waals surface area contributed by atoms with Gasteiger partial charge in [-0.1, -0.05) is 36.4 Å². The van der Waals surface area contributed by atoms with Crippen molar-refractivity contribution < 1.29 is 83.3 Å². The van der Waals surface area contributed by atoms with Gasteiger partial charge in [-0.15, -0.1) is 0 Å². The van der Waals surface area contributed by atoms with Gasteiger partial charge in [-0.25, -0.2) is 9.59 Å². The number of methoxy groups -OCH3 is 1. The van der Waals surface area contributed by atoms with E-state index in [4.69, 9.17) is 33.2 Å². The molecule has 0 bridgehead atoms. The molecule has 1 aromatic carbocycles. The zero-order valence-corrected chi connectivity index (χ0v) is 26.5. The molecule has 4 rings (SSSR count). The molecule has 12 atom stereocenters. The molecule has 12 unspecified atom stereocenters. The van der Waals surface area contributed by atoms with Gasteiger partial charge in [-0.3, -0.25) is 4.79 Å².